The van der Waals surface area contributed by atoms with Gasteiger partial charge in [0.2, 0.25) is 0 Å². The first-order valence-corrected chi connectivity index (χ1v) is 10.3. The van der Waals surface area contributed by atoms with Crippen LogP contribution in [0.3, 0.4) is 0 Å². The van der Waals surface area contributed by atoms with Crippen molar-refractivity contribution in [3.8, 4) is 11.9 Å². The van der Waals surface area contributed by atoms with Gasteiger partial charge in [0, 0.05) is 43.0 Å². The van der Waals surface area contributed by atoms with E-state index in [0.717, 1.165) is 44.2 Å². The molecule has 30 heavy (non-hydrogen) atoms. The van der Waals surface area contributed by atoms with Crippen molar-refractivity contribution in [1.29, 1.82) is 5.26 Å². The van der Waals surface area contributed by atoms with Gasteiger partial charge in [-0.05, 0) is 38.7 Å². The Bertz CT molecular complexity index is 1100. The lowest BCUT2D eigenvalue weighted by Gasteiger charge is -2.49. The fourth-order valence-electron chi connectivity index (χ4n) is 4.65. The molecule has 154 valence electrons. The summed E-state index contributed by atoms with van der Waals surface area (Å²) in [5.41, 5.74) is 0.802. The van der Waals surface area contributed by atoms with E-state index in [-0.39, 0.29) is 17.4 Å². The molecule has 0 atom stereocenters. The van der Waals surface area contributed by atoms with Gasteiger partial charge in [-0.15, -0.1) is 0 Å². The number of rotatable bonds is 4. The number of amides is 1. The molecule has 0 spiro atoms. The molecule has 9 heteroatoms. The molecule has 5 rings (SSSR count). The van der Waals surface area contributed by atoms with Gasteiger partial charge < -0.3 is 5.32 Å². The molecule has 1 saturated heterocycles. The van der Waals surface area contributed by atoms with Crippen LogP contribution in [0, 0.1) is 16.7 Å². The van der Waals surface area contributed by atoms with Crippen LogP contribution in [0.2, 0.25) is 0 Å². The second kappa shape index (κ2) is 7.22. The van der Waals surface area contributed by atoms with E-state index in [1.807, 2.05) is 13.0 Å². The maximum Gasteiger partial charge on any atom is 0.272 e. The Hall–Kier alpha value is -3.25. The number of nitriles is 1. The summed E-state index contributed by atoms with van der Waals surface area (Å²) in [6.45, 7) is 3.73. The summed E-state index contributed by atoms with van der Waals surface area (Å²) in [7, 11) is 0. The Labute approximate surface area is 174 Å². The van der Waals surface area contributed by atoms with Crippen LogP contribution in [-0.2, 0) is 0 Å². The molecule has 3 aromatic rings. The van der Waals surface area contributed by atoms with Gasteiger partial charge in [-0.25, -0.2) is 9.97 Å². The number of hydrogen-bond donors (Lipinski definition) is 2. The average molecular weight is 404 g/mol. The maximum atomic E-state index is 13.1. The van der Waals surface area contributed by atoms with E-state index in [0.29, 0.717) is 23.1 Å². The van der Waals surface area contributed by atoms with Crippen molar-refractivity contribution in [3.63, 3.8) is 0 Å². The molecule has 0 aromatic carbocycles. The van der Waals surface area contributed by atoms with Gasteiger partial charge >= 0.3 is 0 Å². The molecule has 0 bridgehead atoms. The molecule has 0 unspecified atom stereocenters. The smallest absolute Gasteiger partial charge is 0.272 e. The minimum Gasteiger partial charge on any atom is -0.348 e. The van der Waals surface area contributed by atoms with Crippen LogP contribution in [0.15, 0.2) is 31.0 Å². The molecule has 1 amide bonds. The number of pyridine rings is 1. The van der Waals surface area contributed by atoms with Crippen molar-refractivity contribution >= 4 is 16.8 Å². The van der Waals surface area contributed by atoms with Gasteiger partial charge in [0.15, 0.2) is 5.69 Å². The second-order valence-corrected chi connectivity index (χ2v) is 8.69. The third-order valence-corrected chi connectivity index (χ3v) is 6.32. The molecule has 3 aromatic heterocycles. The van der Waals surface area contributed by atoms with E-state index in [9.17, 15) is 10.1 Å². The highest BCUT2D eigenvalue weighted by Crippen LogP contribution is 2.35. The van der Waals surface area contributed by atoms with Crippen LogP contribution in [0.5, 0.6) is 0 Å². The van der Waals surface area contributed by atoms with E-state index in [4.69, 9.17) is 0 Å². The molecule has 2 aliphatic rings. The number of fused-ring (bicyclic) bond motifs is 1. The van der Waals surface area contributed by atoms with Crippen LogP contribution in [0.1, 0.15) is 43.1 Å². The summed E-state index contributed by atoms with van der Waals surface area (Å²) < 4.78 is 1.77. The first-order valence-electron chi connectivity index (χ1n) is 10.3. The lowest BCUT2D eigenvalue weighted by Crippen LogP contribution is -2.59. The number of aromatic nitrogens is 5. The number of hydrogen-bond acceptors (Lipinski definition) is 6. The first kappa shape index (κ1) is 18.8. The summed E-state index contributed by atoms with van der Waals surface area (Å²) in [4.78, 5) is 24.1. The number of nitrogens with one attached hydrogen (secondary N) is 2. The molecule has 2 fully saturated rings. The Kier molecular flexibility index (Phi) is 4.51. The summed E-state index contributed by atoms with van der Waals surface area (Å²) >= 11 is 0. The standard InChI is InChI=1S/C21H24N8O/c1-21(10-22)11-29(12-21)16-4-2-15(3-5-16)25-20(30)19-18-14(9-24-27-18)8-17(26-19)28-7-6-23-13-28/h6-9,13,15-16H,2-5,11-12H2,1H3,(H,24,27)(H,25,30)/t15-,16+. The van der Waals surface area contributed by atoms with Crippen molar-refractivity contribution in [1.82, 2.24) is 34.9 Å². The molecule has 4 heterocycles. The van der Waals surface area contributed by atoms with E-state index >= 15 is 0 Å². The fourth-order valence-corrected chi connectivity index (χ4v) is 4.65. The molecule has 2 N–H and O–H groups in total. The minimum absolute atomic E-state index is 0.133. The van der Waals surface area contributed by atoms with E-state index in [2.05, 4.69) is 36.5 Å². The first-order chi connectivity index (χ1) is 14.5. The number of imidazole rings is 1. The highest BCUT2D eigenvalue weighted by atomic mass is 16.2. The highest BCUT2D eigenvalue weighted by molar-refractivity contribution is 6.04. The van der Waals surface area contributed by atoms with Crippen molar-refractivity contribution < 1.29 is 4.79 Å². The van der Waals surface area contributed by atoms with Crippen molar-refractivity contribution in [3.05, 3.63) is 36.7 Å². The van der Waals surface area contributed by atoms with E-state index < -0.39 is 0 Å². The number of carbonyl (C=O) groups is 1. The number of nitrogens with zero attached hydrogens (tertiary/aromatic N) is 6. The van der Waals surface area contributed by atoms with Crippen LogP contribution >= 0.6 is 0 Å². The zero-order valence-electron chi connectivity index (χ0n) is 16.9. The zero-order chi connectivity index (χ0) is 20.7. The predicted molar refractivity (Wildman–Crippen MR) is 110 cm³/mol. The molecular weight excluding hydrogens is 380 g/mol. The third kappa shape index (κ3) is 3.33. The Morgan fingerprint density at radius 3 is 2.83 bits per heavy atom. The largest absolute Gasteiger partial charge is 0.348 e. The van der Waals surface area contributed by atoms with Gasteiger partial charge in [-0.1, -0.05) is 0 Å². The number of H-pyrrole nitrogens is 1. The monoisotopic (exact) mass is 404 g/mol. The number of carbonyl (C=O) groups excluding carboxylic acids is 1. The summed E-state index contributed by atoms with van der Waals surface area (Å²) in [6.07, 6.45) is 10.8. The maximum absolute atomic E-state index is 13.1. The van der Waals surface area contributed by atoms with Gasteiger partial charge in [0.1, 0.15) is 12.1 Å². The SMILES string of the molecule is CC1(C#N)CN([C@H]2CC[C@@H](NC(=O)c3nc(-n4ccnc4)cc4cn[nH]c34)CC2)C1. The summed E-state index contributed by atoms with van der Waals surface area (Å²) in [5.74, 6) is 0.448. The minimum atomic E-state index is -0.188. The number of aromatic amines is 1. The van der Waals surface area contributed by atoms with Gasteiger partial charge in [0.05, 0.1) is 23.2 Å². The topological polar surface area (TPSA) is 116 Å². The highest BCUT2D eigenvalue weighted by Gasteiger charge is 2.43. The zero-order valence-corrected chi connectivity index (χ0v) is 16.9. The quantitative estimate of drug-likeness (QED) is 0.687. The van der Waals surface area contributed by atoms with E-state index in [1.54, 1.807) is 29.5 Å². The Morgan fingerprint density at radius 2 is 2.13 bits per heavy atom. The van der Waals surface area contributed by atoms with Gasteiger partial charge in [0.25, 0.3) is 5.91 Å². The van der Waals surface area contributed by atoms with Crippen LogP contribution < -0.4 is 5.32 Å². The van der Waals surface area contributed by atoms with Gasteiger partial charge in [-0.2, -0.15) is 10.4 Å². The normalized spacial score (nSPS) is 23.6. The molecule has 9 nitrogen and oxygen atoms in total. The fraction of sp³-hybridized carbons (Fsp3) is 0.476. The Balaban J connectivity index is 1.26. The summed E-state index contributed by atoms with van der Waals surface area (Å²) in [5, 5.41) is 20.2. The van der Waals surface area contributed by atoms with Crippen LogP contribution in [0.25, 0.3) is 16.7 Å². The second-order valence-electron chi connectivity index (χ2n) is 8.69. The molecule has 1 aliphatic heterocycles. The summed E-state index contributed by atoms with van der Waals surface area (Å²) in [6, 6.07) is 4.94. The lowest BCUT2D eigenvalue weighted by atomic mass is 9.79. The van der Waals surface area contributed by atoms with Crippen molar-refractivity contribution in [2.45, 2.75) is 44.7 Å². The van der Waals surface area contributed by atoms with E-state index in [1.165, 1.54) is 0 Å². The average Bonchev–Trinajstić information content (AvgIpc) is 3.43. The molecular formula is C21H24N8O. The molecule has 1 saturated carbocycles. The molecule has 0 radical (unpaired) electrons. The molecule has 1 aliphatic carbocycles. The lowest BCUT2D eigenvalue weighted by molar-refractivity contribution is 0.00181. The third-order valence-electron chi connectivity index (χ3n) is 6.32. The predicted octanol–water partition coefficient (Wildman–Crippen LogP) is 2.03. The number of likely N-dealkylation sites (tertiary alicyclic amines) is 1. The Morgan fingerprint density at radius 1 is 1.33 bits per heavy atom. The van der Waals surface area contributed by atoms with Crippen molar-refractivity contribution in [2.75, 3.05) is 13.1 Å². The van der Waals surface area contributed by atoms with Crippen molar-refractivity contribution in [2.24, 2.45) is 5.41 Å². The van der Waals surface area contributed by atoms with Gasteiger partial charge in [-0.3, -0.25) is 19.4 Å². The van der Waals surface area contributed by atoms with Crippen LogP contribution in [0.4, 0.5) is 0 Å². The van der Waals surface area contributed by atoms with Crippen LogP contribution in [-0.4, -0.2) is 60.7 Å².